The molecule has 0 saturated heterocycles. The number of nitrogens with one attached hydrogen (secondary N) is 1. The molecule has 1 heterocycles. The molecule has 0 spiro atoms. The predicted octanol–water partition coefficient (Wildman–Crippen LogP) is 2.64. The van der Waals surface area contributed by atoms with Crippen molar-refractivity contribution < 1.29 is 9.47 Å². The van der Waals surface area contributed by atoms with Gasteiger partial charge in [-0.2, -0.15) is 0 Å². The van der Waals surface area contributed by atoms with Crippen LogP contribution in [-0.2, 0) is 11.2 Å². The largest absolute Gasteiger partial charge is 0.493 e. The van der Waals surface area contributed by atoms with Crippen molar-refractivity contribution in [3.8, 4) is 5.75 Å². The van der Waals surface area contributed by atoms with Crippen LogP contribution in [0.3, 0.4) is 0 Å². The van der Waals surface area contributed by atoms with E-state index < -0.39 is 0 Å². The van der Waals surface area contributed by atoms with Gasteiger partial charge in [0.15, 0.2) is 0 Å². The smallest absolute Gasteiger partial charge is 0.122 e. The molecule has 1 N–H and O–H groups in total. The van der Waals surface area contributed by atoms with E-state index in [2.05, 4.69) is 37.4 Å². The highest BCUT2D eigenvalue weighted by molar-refractivity contribution is 5.35. The standard InChI is InChI=1S/C16H25NO2/c1-3-9-18-12-15(17-4-2)14-10-13-7-5-6-8-16(13)19-11-14/h5-8,14-15,17H,3-4,9-12H2,1-2H3. The Hall–Kier alpha value is -1.06. The fourth-order valence-electron chi connectivity index (χ4n) is 2.59. The average molecular weight is 263 g/mol. The minimum atomic E-state index is 0.380. The molecule has 3 nitrogen and oxygen atoms in total. The molecule has 2 rings (SSSR count). The second-order valence-corrected chi connectivity index (χ2v) is 5.12. The summed E-state index contributed by atoms with van der Waals surface area (Å²) in [6, 6.07) is 8.72. The van der Waals surface area contributed by atoms with Crippen molar-refractivity contribution in [2.45, 2.75) is 32.7 Å². The van der Waals surface area contributed by atoms with Gasteiger partial charge in [-0.25, -0.2) is 0 Å². The van der Waals surface area contributed by atoms with Crippen molar-refractivity contribution >= 4 is 0 Å². The van der Waals surface area contributed by atoms with E-state index in [0.717, 1.165) is 45.0 Å². The summed E-state index contributed by atoms with van der Waals surface area (Å²) in [4.78, 5) is 0. The van der Waals surface area contributed by atoms with Crippen LogP contribution in [0.4, 0.5) is 0 Å². The first-order valence-corrected chi connectivity index (χ1v) is 7.37. The van der Waals surface area contributed by atoms with E-state index >= 15 is 0 Å². The molecule has 2 unspecified atom stereocenters. The van der Waals surface area contributed by atoms with Crippen LogP contribution in [0, 0.1) is 5.92 Å². The van der Waals surface area contributed by atoms with Gasteiger partial charge in [-0.15, -0.1) is 0 Å². The molecule has 2 atom stereocenters. The van der Waals surface area contributed by atoms with Crippen LogP contribution < -0.4 is 10.1 Å². The highest BCUT2D eigenvalue weighted by atomic mass is 16.5. The van der Waals surface area contributed by atoms with Crippen LogP contribution in [0.2, 0.25) is 0 Å². The first-order valence-electron chi connectivity index (χ1n) is 7.37. The SMILES string of the molecule is CCCOCC(NCC)C1COc2ccccc2C1. The summed E-state index contributed by atoms with van der Waals surface area (Å²) >= 11 is 0. The summed E-state index contributed by atoms with van der Waals surface area (Å²) in [5, 5.41) is 3.54. The number of hydrogen-bond donors (Lipinski definition) is 1. The van der Waals surface area contributed by atoms with Gasteiger partial charge in [0.1, 0.15) is 5.75 Å². The molecule has 0 radical (unpaired) electrons. The number of rotatable bonds is 7. The Balaban J connectivity index is 1.95. The maximum Gasteiger partial charge on any atom is 0.122 e. The van der Waals surface area contributed by atoms with E-state index in [9.17, 15) is 0 Å². The number of likely N-dealkylation sites (N-methyl/N-ethyl adjacent to an activating group) is 1. The lowest BCUT2D eigenvalue weighted by Gasteiger charge is -2.32. The second-order valence-electron chi connectivity index (χ2n) is 5.12. The van der Waals surface area contributed by atoms with Crippen molar-refractivity contribution in [1.29, 1.82) is 0 Å². The van der Waals surface area contributed by atoms with Gasteiger partial charge in [0.25, 0.3) is 0 Å². The van der Waals surface area contributed by atoms with Crippen molar-refractivity contribution in [1.82, 2.24) is 5.32 Å². The topological polar surface area (TPSA) is 30.5 Å². The van der Waals surface area contributed by atoms with Gasteiger partial charge >= 0.3 is 0 Å². The third kappa shape index (κ3) is 3.95. The van der Waals surface area contributed by atoms with E-state index in [1.807, 2.05) is 6.07 Å². The molecule has 1 aliphatic heterocycles. The lowest BCUT2D eigenvalue weighted by atomic mass is 9.90. The Kier molecular flexibility index (Phi) is 5.67. The number of fused-ring (bicyclic) bond motifs is 1. The molecule has 0 fully saturated rings. The molecule has 0 amide bonds. The van der Waals surface area contributed by atoms with Gasteiger partial charge in [0.2, 0.25) is 0 Å². The lowest BCUT2D eigenvalue weighted by Crippen LogP contribution is -2.44. The molecular weight excluding hydrogens is 238 g/mol. The summed E-state index contributed by atoms with van der Waals surface area (Å²) in [5.41, 5.74) is 1.32. The molecule has 3 heteroatoms. The van der Waals surface area contributed by atoms with Crippen LogP contribution in [0.25, 0.3) is 0 Å². The molecule has 0 aromatic heterocycles. The van der Waals surface area contributed by atoms with Crippen molar-refractivity contribution in [2.75, 3.05) is 26.4 Å². The summed E-state index contributed by atoms with van der Waals surface area (Å²) in [6.07, 6.45) is 2.15. The Morgan fingerprint density at radius 2 is 2.21 bits per heavy atom. The average Bonchev–Trinajstić information content (AvgIpc) is 2.46. The molecule has 1 aromatic carbocycles. The summed E-state index contributed by atoms with van der Waals surface area (Å²) < 4.78 is 11.6. The van der Waals surface area contributed by atoms with Gasteiger partial charge in [-0.3, -0.25) is 0 Å². The van der Waals surface area contributed by atoms with Gasteiger partial charge in [-0.1, -0.05) is 32.0 Å². The summed E-state index contributed by atoms with van der Waals surface area (Å²) in [7, 11) is 0. The highest BCUT2D eigenvalue weighted by Crippen LogP contribution is 2.28. The zero-order chi connectivity index (χ0) is 13.5. The zero-order valence-corrected chi connectivity index (χ0v) is 12.0. The minimum absolute atomic E-state index is 0.380. The normalized spacial score (nSPS) is 19.6. The number of ether oxygens (including phenoxy) is 2. The fraction of sp³-hybridized carbons (Fsp3) is 0.625. The van der Waals surface area contributed by atoms with Crippen molar-refractivity contribution in [3.05, 3.63) is 29.8 Å². The summed E-state index contributed by atoms with van der Waals surface area (Å²) in [6.45, 7) is 7.65. The van der Waals surface area contributed by atoms with Gasteiger partial charge in [0, 0.05) is 18.6 Å². The molecule has 0 aliphatic carbocycles. The fourth-order valence-corrected chi connectivity index (χ4v) is 2.59. The van der Waals surface area contributed by atoms with Crippen molar-refractivity contribution in [2.24, 2.45) is 5.92 Å². The number of hydrogen-bond acceptors (Lipinski definition) is 3. The van der Waals surface area contributed by atoms with E-state index in [-0.39, 0.29) is 0 Å². The Morgan fingerprint density at radius 3 is 3.00 bits per heavy atom. The Morgan fingerprint density at radius 1 is 1.37 bits per heavy atom. The Bertz CT molecular complexity index is 381. The van der Waals surface area contributed by atoms with Crippen LogP contribution in [0.5, 0.6) is 5.75 Å². The molecule has 0 saturated carbocycles. The first kappa shape index (κ1) is 14.4. The number of benzene rings is 1. The maximum absolute atomic E-state index is 5.87. The van der Waals surface area contributed by atoms with E-state index in [4.69, 9.17) is 9.47 Å². The van der Waals surface area contributed by atoms with E-state index in [1.54, 1.807) is 0 Å². The molecular formula is C16H25NO2. The number of para-hydroxylation sites is 1. The quantitative estimate of drug-likeness (QED) is 0.767. The minimum Gasteiger partial charge on any atom is -0.493 e. The monoisotopic (exact) mass is 263 g/mol. The van der Waals surface area contributed by atoms with E-state index in [1.165, 1.54) is 5.56 Å². The third-order valence-electron chi connectivity index (χ3n) is 3.59. The van der Waals surface area contributed by atoms with Gasteiger partial charge in [0.05, 0.1) is 13.2 Å². The van der Waals surface area contributed by atoms with Crippen LogP contribution >= 0.6 is 0 Å². The molecule has 19 heavy (non-hydrogen) atoms. The predicted molar refractivity (Wildman–Crippen MR) is 77.7 cm³/mol. The second kappa shape index (κ2) is 7.51. The molecule has 1 aromatic rings. The van der Waals surface area contributed by atoms with Crippen LogP contribution in [-0.4, -0.2) is 32.4 Å². The van der Waals surface area contributed by atoms with Gasteiger partial charge < -0.3 is 14.8 Å². The maximum atomic E-state index is 5.87. The molecule has 0 bridgehead atoms. The van der Waals surface area contributed by atoms with Crippen LogP contribution in [0.1, 0.15) is 25.8 Å². The van der Waals surface area contributed by atoms with Gasteiger partial charge in [-0.05, 0) is 31.0 Å². The zero-order valence-electron chi connectivity index (χ0n) is 12.0. The van der Waals surface area contributed by atoms with E-state index in [0.29, 0.717) is 12.0 Å². The highest BCUT2D eigenvalue weighted by Gasteiger charge is 2.26. The first-order chi connectivity index (χ1) is 9.35. The third-order valence-corrected chi connectivity index (χ3v) is 3.59. The molecule has 1 aliphatic rings. The van der Waals surface area contributed by atoms with Crippen LogP contribution in [0.15, 0.2) is 24.3 Å². The lowest BCUT2D eigenvalue weighted by molar-refractivity contribution is 0.0759. The summed E-state index contributed by atoms with van der Waals surface area (Å²) in [5.74, 6) is 1.54. The van der Waals surface area contributed by atoms with Crippen molar-refractivity contribution in [3.63, 3.8) is 0 Å². The Labute approximate surface area is 116 Å². The molecule has 106 valence electrons.